The van der Waals surface area contributed by atoms with Gasteiger partial charge < -0.3 is 5.32 Å². The number of amides is 1. The van der Waals surface area contributed by atoms with E-state index in [4.69, 9.17) is 11.6 Å². The van der Waals surface area contributed by atoms with Crippen molar-refractivity contribution in [3.63, 3.8) is 0 Å². The highest BCUT2D eigenvalue weighted by molar-refractivity contribution is 6.30. The van der Waals surface area contributed by atoms with Crippen molar-refractivity contribution < 1.29 is 14.4 Å². The lowest BCUT2D eigenvalue weighted by atomic mass is 10.00. The van der Waals surface area contributed by atoms with E-state index in [-0.39, 0.29) is 23.5 Å². The SMILES string of the molecule is Cc1ccc2c(c1)c(CC(=O)CCCc1ccc(NC(=O)C3CCCC3)cc1)c(C)n2C(=O)c1ccc(Cl)cc1. The second-order valence-corrected chi connectivity index (χ2v) is 11.4. The van der Waals surface area contributed by atoms with Crippen molar-refractivity contribution in [1.82, 2.24) is 4.57 Å². The summed E-state index contributed by atoms with van der Waals surface area (Å²) in [5.41, 5.74) is 6.12. The molecule has 1 N–H and O–H groups in total. The van der Waals surface area contributed by atoms with Gasteiger partial charge in [0, 0.05) is 46.1 Å². The zero-order valence-corrected chi connectivity index (χ0v) is 23.9. The predicted octanol–water partition coefficient (Wildman–Crippen LogP) is 7.86. The van der Waals surface area contributed by atoms with E-state index in [1.807, 2.05) is 50.2 Å². The summed E-state index contributed by atoms with van der Waals surface area (Å²) >= 11 is 6.02. The average molecular weight is 555 g/mol. The van der Waals surface area contributed by atoms with Crippen molar-refractivity contribution in [2.24, 2.45) is 5.92 Å². The molecule has 1 aliphatic carbocycles. The van der Waals surface area contributed by atoms with Gasteiger partial charge in [-0.2, -0.15) is 0 Å². The summed E-state index contributed by atoms with van der Waals surface area (Å²) in [6.45, 7) is 3.93. The van der Waals surface area contributed by atoms with E-state index >= 15 is 0 Å². The molecule has 206 valence electrons. The van der Waals surface area contributed by atoms with Gasteiger partial charge in [-0.1, -0.05) is 48.2 Å². The van der Waals surface area contributed by atoms with Crippen LogP contribution in [0, 0.1) is 19.8 Å². The highest BCUT2D eigenvalue weighted by Gasteiger charge is 2.23. The molecule has 1 heterocycles. The van der Waals surface area contributed by atoms with Crippen LogP contribution in [-0.4, -0.2) is 22.2 Å². The van der Waals surface area contributed by atoms with E-state index in [2.05, 4.69) is 11.4 Å². The van der Waals surface area contributed by atoms with Gasteiger partial charge >= 0.3 is 0 Å². The van der Waals surface area contributed by atoms with E-state index in [0.29, 0.717) is 23.4 Å². The number of rotatable bonds is 9. The second kappa shape index (κ2) is 12.2. The van der Waals surface area contributed by atoms with Gasteiger partial charge in [0.2, 0.25) is 5.91 Å². The molecule has 1 aromatic heterocycles. The fourth-order valence-corrected chi connectivity index (χ4v) is 5.89. The Bertz CT molecular complexity index is 1550. The number of aryl methyl sites for hydroxylation is 2. The highest BCUT2D eigenvalue weighted by atomic mass is 35.5. The number of hydrogen-bond acceptors (Lipinski definition) is 3. The summed E-state index contributed by atoms with van der Waals surface area (Å²) in [7, 11) is 0. The number of fused-ring (bicyclic) bond motifs is 1. The number of nitrogens with zero attached hydrogens (tertiary/aromatic N) is 1. The van der Waals surface area contributed by atoms with Crippen LogP contribution in [0.25, 0.3) is 10.9 Å². The molecule has 5 nitrogen and oxygen atoms in total. The Morgan fingerprint density at radius 1 is 0.925 bits per heavy atom. The van der Waals surface area contributed by atoms with Gasteiger partial charge in [-0.05, 0) is 99.2 Å². The molecule has 0 radical (unpaired) electrons. The molecule has 1 fully saturated rings. The van der Waals surface area contributed by atoms with E-state index < -0.39 is 0 Å². The van der Waals surface area contributed by atoms with Crippen LogP contribution in [0.4, 0.5) is 5.69 Å². The summed E-state index contributed by atoms with van der Waals surface area (Å²) in [5, 5.41) is 4.56. The van der Waals surface area contributed by atoms with Crippen LogP contribution in [-0.2, 0) is 22.4 Å². The van der Waals surface area contributed by atoms with Crippen LogP contribution >= 0.6 is 11.6 Å². The Labute approximate surface area is 240 Å². The van der Waals surface area contributed by atoms with Crippen molar-refractivity contribution in [1.29, 1.82) is 0 Å². The Kier molecular flexibility index (Phi) is 8.51. The molecule has 1 amide bonds. The lowest BCUT2D eigenvalue weighted by Gasteiger charge is -2.11. The summed E-state index contributed by atoms with van der Waals surface area (Å²) < 4.78 is 1.72. The number of benzene rings is 3. The number of anilines is 1. The summed E-state index contributed by atoms with van der Waals surface area (Å²) in [4.78, 5) is 39.0. The Morgan fingerprint density at radius 3 is 2.33 bits per heavy atom. The van der Waals surface area contributed by atoms with Gasteiger partial charge in [-0.25, -0.2) is 0 Å². The van der Waals surface area contributed by atoms with Gasteiger partial charge in [0.1, 0.15) is 5.78 Å². The van der Waals surface area contributed by atoms with Crippen LogP contribution < -0.4 is 5.32 Å². The molecule has 1 aliphatic rings. The highest BCUT2D eigenvalue weighted by Crippen LogP contribution is 2.30. The van der Waals surface area contributed by atoms with E-state index in [0.717, 1.165) is 77.5 Å². The largest absolute Gasteiger partial charge is 0.326 e. The summed E-state index contributed by atoms with van der Waals surface area (Å²) in [6, 6.07) is 20.8. The van der Waals surface area contributed by atoms with Crippen LogP contribution in [0.1, 0.15) is 71.3 Å². The molecule has 0 bridgehead atoms. The first kappa shape index (κ1) is 27.9. The predicted molar refractivity (Wildman–Crippen MR) is 161 cm³/mol. The lowest BCUT2D eigenvalue weighted by molar-refractivity contribution is -0.120. The minimum absolute atomic E-state index is 0.123. The zero-order valence-electron chi connectivity index (χ0n) is 23.1. The Morgan fingerprint density at radius 2 is 1.62 bits per heavy atom. The van der Waals surface area contributed by atoms with Crippen molar-refractivity contribution in [3.05, 3.63) is 99.7 Å². The van der Waals surface area contributed by atoms with Gasteiger partial charge in [0.15, 0.2) is 0 Å². The maximum absolute atomic E-state index is 13.5. The molecular formula is C34H35ClN2O3. The smallest absolute Gasteiger partial charge is 0.262 e. The number of carbonyl (C=O) groups excluding carboxylic acids is 3. The average Bonchev–Trinajstić information content (AvgIpc) is 3.57. The van der Waals surface area contributed by atoms with Crippen LogP contribution in [0.5, 0.6) is 0 Å². The normalized spacial score (nSPS) is 13.6. The van der Waals surface area contributed by atoms with Gasteiger partial charge in [0.25, 0.3) is 5.91 Å². The maximum atomic E-state index is 13.5. The summed E-state index contributed by atoms with van der Waals surface area (Å²) in [6.07, 6.45) is 6.52. The first-order valence-electron chi connectivity index (χ1n) is 14.1. The molecule has 0 spiro atoms. The number of Topliss-reactive ketones (excluding diaryl/α,β-unsaturated/α-hetero) is 1. The Balaban J connectivity index is 1.23. The molecule has 4 aromatic rings. The monoisotopic (exact) mass is 554 g/mol. The van der Waals surface area contributed by atoms with Crippen molar-refractivity contribution >= 4 is 45.8 Å². The number of carbonyl (C=O) groups is 3. The molecule has 0 atom stereocenters. The minimum atomic E-state index is -0.135. The molecular weight excluding hydrogens is 520 g/mol. The molecule has 40 heavy (non-hydrogen) atoms. The number of halogens is 1. The van der Waals surface area contributed by atoms with Crippen LogP contribution in [0.3, 0.4) is 0 Å². The molecule has 3 aromatic carbocycles. The van der Waals surface area contributed by atoms with Gasteiger partial charge in [-0.3, -0.25) is 19.0 Å². The molecule has 1 saturated carbocycles. The zero-order chi connectivity index (χ0) is 28.2. The third-order valence-electron chi connectivity index (χ3n) is 8.03. The number of nitrogens with one attached hydrogen (secondary N) is 1. The number of aromatic nitrogens is 1. The minimum Gasteiger partial charge on any atom is -0.326 e. The van der Waals surface area contributed by atoms with Crippen molar-refractivity contribution in [3.8, 4) is 0 Å². The molecule has 0 unspecified atom stereocenters. The fraction of sp³-hybridized carbons (Fsp3) is 0.324. The molecule has 0 saturated heterocycles. The van der Waals surface area contributed by atoms with E-state index in [1.165, 1.54) is 0 Å². The van der Waals surface area contributed by atoms with Crippen LogP contribution in [0.15, 0.2) is 66.7 Å². The second-order valence-electron chi connectivity index (χ2n) is 11.0. The summed E-state index contributed by atoms with van der Waals surface area (Å²) in [5.74, 6) is 0.285. The molecule has 6 heteroatoms. The molecule has 5 rings (SSSR count). The van der Waals surface area contributed by atoms with Crippen molar-refractivity contribution in [2.45, 2.75) is 65.2 Å². The standard InChI is InChI=1S/C34H35ClN2O3/c1-22-10-19-32-31(20-22)30(23(2)37(32)34(40)26-13-15-27(35)16-14-26)21-29(38)9-5-6-24-11-17-28(18-12-24)36-33(39)25-7-3-4-8-25/h10-20,25H,3-9,21H2,1-2H3,(H,36,39). The number of ketones is 1. The first-order chi connectivity index (χ1) is 19.3. The van der Waals surface area contributed by atoms with E-state index in [9.17, 15) is 14.4 Å². The lowest BCUT2D eigenvalue weighted by Crippen LogP contribution is -2.20. The van der Waals surface area contributed by atoms with Gasteiger partial charge in [-0.15, -0.1) is 0 Å². The first-order valence-corrected chi connectivity index (χ1v) is 14.5. The van der Waals surface area contributed by atoms with E-state index in [1.54, 1.807) is 28.8 Å². The third-order valence-corrected chi connectivity index (χ3v) is 8.28. The third kappa shape index (κ3) is 6.20. The number of hydrogen-bond donors (Lipinski definition) is 1. The molecule has 0 aliphatic heterocycles. The van der Waals surface area contributed by atoms with Crippen molar-refractivity contribution in [2.75, 3.05) is 5.32 Å². The van der Waals surface area contributed by atoms with Crippen LogP contribution in [0.2, 0.25) is 5.02 Å². The Hall–Kier alpha value is -3.70. The fourth-order valence-electron chi connectivity index (χ4n) is 5.77. The topological polar surface area (TPSA) is 68.2 Å². The maximum Gasteiger partial charge on any atom is 0.262 e. The van der Waals surface area contributed by atoms with Gasteiger partial charge in [0.05, 0.1) is 5.52 Å². The quantitative estimate of drug-likeness (QED) is 0.229.